The van der Waals surface area contributed by atoms with Crippen molar-refractivity contribution in [3.05, 3.63) is 64.9 Å². The summed E-state index contributed by atoms with van der Waals surface area (Å²) in [5.41, 5.74) is 1.79. The van der Waals surface area contributed by atoms with Crippen LogP contribution in [0.4, 0.5) is 0 Å². The molecule has 3 rings (SSSR count). The fourth-order valence-electron chi connectivity index (χ4n) is 2.07. The lowest BCUT2D eigenvalue weighted by molar-refractivity contribution is 0.581. The molecule has 0 spiro atoms. The lowest BCUT2D eigenvalue weighted by Gasteiger charge is -2.06. The molecule has 0 atom stereocenters. The van der Waals surface area contributed by atoms with Gasteiger partial charge in [-0.15, -0.1) is 11.3 Å². The molecule has 24 heavy (non-hydrogen) atoms. The molecule has 1 N–H and O–H groups in total. The smallest absolute Gasteiger partial charge is 0.240 e. The van der Waals surface area contributed by atoms with Crippen molar-refractivity contribution in [2.24, 2.45) is 0 Å². The molecular formula is C16H14ClN3O2S2. The minimum atomic E-state index is -3.57. The van der Waals surface area contributed by atoms with Crippen LogP contribution in [0.3, 0.4) is 0 Å². The van der Waals surface area contributed by atoms with Crippen molar-refractivity contribution < 1.29 is 8.42 Å². The van der Waals surface area contributed by atoms with Gasteiger partial charge in [0.25, 0.3) is 0 Å². The summed E-state index contributed by atoms with van der Waals surface area (Å²) in [6, 6.07) is 9.98. The van der Waals surface area contributed by atoms with E-state index in [2.05, 4.69) is 14.7 Å². The SMILES string of the molecule is O=S(=O)(NCCc1csc(-c2cccnc2)n1)c1cccc(Cl)c1. The Morgan fingerprint density at radius 3 is 2.83 bits per heavy atom. The predicted octanol–water partition coefficient (Wildman–Crippen LogP) is 3.38. The zero-order valence-corrected chi connectivity index (χ0v) is 14.9. The maximum Gasteiger partial charge on any atom is 0.240 e. The van der Waals surface area contributed by atoms with Gasteiger partial charge in [-0.3, -0.25) is 4.98 Å². The molecule has 2 aromatic heterocycles. The van der Waals surface area contributed by atoms with Crippen LogP contribution in [0, 0.1) is 0 Å². The Morgan fingerprint density at radius 1 is 1.21 bits per heavy atom. The van der Waals surface area contributed by atoms with E-state index in [1.807, 2.05) is 17.5 Å². The number of hydrogen-bond acceptors (Lipinski definition) is 5. The predicted molar refractivity (Wildman–Crippen MR) is 95.7 cm³/mol. The lowest BCUT2D eigenvalue weighted by atomic mass is 10.3. The molecule has 0 aliphatic rings. The quantitative estimate of drug-likeness (QED) is 0.712. The number of pyridine rings is 1. The average Bonchev–Trinajstić information content (AvgIpc) is 3.04. The van der Waals surface area contributed by atoms with Crippen molar-refractivity contribution in [3.8, 4) is 10.6 Å². The van der Waals surface area contributed by atoms with Crippen LogP contribution in [0.15, 0.2) is 59.1 Å². The monoisotopic (exact) mass is 379 g/mol. The average molecular weight is 380 g/mol. The molecule has 0 unspecified atom stereocenters. The van der Waals surface area contributed by atoms with Crippen molar-refractivity contribution >= 4 is 33.0 Å². The summed E-state index contributed by atoms with van der Waals surface area (Å²) < 4.78 is 27.0. The molecule has 0 aliphatic heterocycles. The van der Waals surface area contributed by atoms with Gasteiger partial charge < -0.3 is 0 Å². The second-order valence-electron chi connectivity index (χ2n) is 4.99. The second kappa shape index (κ2) is 7.40. The van der Waals surface area contributed by atoms with Crippen molar-refractivity contribution in [2.75, 3.05) is 6.54 Å². The first-order valence-corrected chi connectivity index (χ1v) is 9.89. The van der Waals surface area contributed by atoms with Gasteiger partial charge in [0.2, 0.25) is 10.0 Å². The van der Waals surface area contributed by atoms with Crippen LogP contribution in [-0.4, -0.2) is 24.9 Å². The number of halogens is 1. The Labute approximate surface area is 149 Å². The van der Waals surface area contributed by atoms with E-state index in [4.69, 9.17) is 11.6 Å². The molecule has 3 aromatic rings. The Hall–Kier alpha value is -1.80. The normalized spacial score (nSPS) is 11.5. The highest BCUT2D eigenvalue weighted by Gasteiger charge is 2.14. The fourth-order valence-corrected chi connectivity index (χ4v) is 4.25. The minimum Gasteiger partial charge on any atom is -0.264 e. The maximum atomic E-state index is 12.2. The third kappa shape index (κ3) is 4.18. The molecule has 0 saturated heterocycles. The molecule has 0 saturated carbocycles. The molecule has 0 amide bonds. The van der Waals surface area contributed by atoms with Gasteiger partial charge >= 0.3 is 0 Å². The van der Waals surface area contributed by atoms with Gasteiger partial charge in [-0.1, -0.05) is 17.7 Å². The molecule has 0 fully saturated rings. The van der Waals surface area contributed by atoms with E-state index in [1.165, 1.54) is 23.5 Å². The molecule has 0 bridgehead atoms. The van der Waals surface area contributed by atoms with Crippen LogP contribution >= 0.6 is 22.9 Å². The molecule has 2 heterocycles. The molecule has 1 aromatic carbocycles. The van der Waals surface area contributed by atoms with Gasteiger partial charge in [0.15, 0.2) is 0 Å². The Balaban J connectivity index is 1.62. The van der Waals surface area contributed by atoms with Crippen molar-refractivity contribution in [1.82, 2.24) is 14.7 Å². The summed E-state index contributed by atoms with van der Waals surface area (Å²) in [6.45, 7) is 0.269. The highest BCUT2D eigenvalue weighted by molar-refractivity contribution is 7.89. The van der Waals surface area contributed by atoms with Gasteiger partial charge in [-0.25, -0.2) is 18.1 Å². The van der Waals surface area contributed by atoms with Crippen LogP contribution in [-0.2, 0) is 16.4 Å². The van der Waals surface area contributed by atoms with Crippen LogP contribution in [0.2, 0.25) is 5.02 Å². The number of aromatic nitrogens is 2. The molecule has 8 heteroatoms. The summed E-state index contributed by atoms with van der Waals surface area (Å²) in [5.74, 6) is 0. The first kappa shape index (κ1) is 17.0. The zero-order valence-electron chi connectivity index (χ0n) is 12.5. The van der Waals surface area contributed by atoms with Crippen LogP contribution in [0.1, 0.15) is 5.69 Å². The topological polar surface area (TPSA) is 72.0 Å². The van der Waals surface area contributed by atoms with E-state index in [-0.39, 0.29) is 11.4 Å². The van der Waals surface area contributed by atoms with Gasteiger partial charge in [0.05, 0.1) is 10.6 Å². The molecule has 5 nitrogen and oxygen atoms in total. The largest absolute Gasteiger partial charge is 0.264 e. The van der Waals surface area contributed by atoms with Gasteiger partial charge in [-0.2, -0.15) is 0 Å². The summed E-state index contributed by atoms with van der Waals surface area (Å²) in [4.78, 5) is 8.74. The standard InChI is InChI=1S/C16H14ClN3O2S2/c17-13-4-1-5-15(9-13)24(21,22)19-8-6-14-11-23-16(20-14)12-3-2-7-18-10-12/h1-5,7,9-11,19H,6,8H2. The summed E-state index contributed by atoms with van der Waals surface area (Å²) in [6.07, 6.45) is 3.98. The fraction of sp³-hybridized carbons (Fsp3) is 0.125. The van der Waals surface area contributed by atoms with Crippen molar-refractivity contribution in [1.29, 1.82) is 0 Å². The molecule has 124 valence electrons. The summed E-state index contributed by atoms with van der Waals surface area (Å²) in [7, 11) is -3.57. The Kier molecular flexibility index (Phi) is 5.25. The third-order valence-electron chi connectivity index (χ3n) is 3.24. The minimum absolute atomic E-state index is 0.157. The van der Waals surface area contributed by atoms with E-state index >= 15 is 0 Å². The summed E-state index contributed by atoms with van der Waals surface area (Å²) >= 11 is 7.35. The van der Waals surface area contributed by atoms with E-state index in [1.54, 1.807) is 24.5 Å². The number of hydrogen-bond donors (Lipinski definition) is 1. The van der Waals surface area contributed by atoms with E-state index in [0.29, 0.717) is 11.4 Å². The zero-order chi connectivity index (χ0) is 17.0. The lowest BCUT2D eigenvalue weighted by Crippen LogP contribution is -2.26. The summed E-state index contributed by atoms with van der Waals surface area (Å²) in [5, 5.41) is 3.19. The Morgan fingerprint density at radius 2 is 2.08 bits per heavy atom. The highest BCUT2D eigenvalue weighted by atomic mass is 35.5. The maximum absolute atomic E-state index is 12.2. The third-order valence-corrected chi connectivity index (χ3v) is 5.87. The number of thiazole rings is 1. The van der Waals surface area contributed by atoms with E-state index in [9.17, 15) is 8.42 Å². The van der Waals surface area contributed by atoms with E-state index in [0.717, 1.165) is 16.3 Å². The van der Waals surface area contributed by atoms with Gasteiger partial charge in [0.1, 0.15) is 5.01 Å². The van der Waals surface area contributed by atoms with Crippen molar-refractivity contribution in [2.45, 2.75) is 11.3 Å². The number of benzene rings is 1. The van der Waals surface area contributed by atoms with Crippen LogP contribution in [0.5, 0.6) is 0 Å². The van der Waals surface area contributed by atoms with Crippen molar-refractivity contribution in [3.63, 3.8) is 0 Å². The first-order chi connectivity index (χ1) is 11.5. The first-order valence-electron chi connectivity index (χ1n) is 7.15. The Bertz CT molecular complexity index is 927. The van der Waals surface area contributed by atoms with Gasteiger partial charge in [-0.05, 0) is 30.3 Å². The molecule has 0 radical (unpaired) electrons. The van der Waals surface area contributed by atoms with Crippen LogP contribution in [0.25, 0.3) is 10.6 Å². The molecular weight excluding hydrogens is 366 g/mol. The molecule has 0 aliphatic carbocycles. The number of sulfonamides is 1. The van der Waals surface area contributed by atoms with Gasteiger partial charge in [0, 0.05) is 41.3 Å². The van der Waals surface area contributed by atoms with Crippen LogP contribution < -0.4 is 4.72 Å². The number of nitrogens with one attached hydrogen (secondary N) is 1. The van der Waals surface area contributed by atoms with E-state index < -0.39 is 10.0 Å². The second-order valence-corrected chi connectivity index (χ2v) is 8.05. The highest BCUT2D eigenvalue weighted by Crippen LogP contribution is 2.22. The number of nitrogens with zero attached hydrogens (tertiary/aromatic N) is 2. The number of rotatable bonds is 6.